The normalized spacial score (nSPS) is 11.7. The number of carbonyl (C=O) groups is 2. The van der Waals surface area contributed by atoms with Crippen molar-refractivity contribution in [2.24, 2.45) is 5.92 Å². The van der Waals surface area contributed by atoms with Gasteiger partial charge in [0.1, 0.15) is 5.75 Å². The van der Waals surface area contributed by atoms with Crippen LogP contribution in [0.3, 0.4) is 0 Å². The third-order valence-electron chi connectivity index (χ3n) is 3.21. The number of hydrogen-bond acceptors (Lipinski definition) is 4. The third kappa shape index (κ3) is 6.59. The fraction of sp³-hybridized carbons (Fsp3) is 0.529. The zero-order chi connectivity index (χ0) is 17.2. The summed E-state index contributed by atoms with van der Waals surface area (Å²) >= 11 is 0. The molecule has 6 heteroatoms. The molecule has 1 aromatic carbocycles. The molecule has 1 unspecified atom stereocenters. The summed E-state index contributed by atoms with van der Waals surface area (Å²) < 4.78 is 10.1. The Hall–Kier alpha value is -2.24. The summed E-state index contributed by atoms with van der Waals surface area (Å²) in [7, 11) is 1.52. The van der Waals surface area contributed by atoms with Gasteiger partial charge in [0, 0.05) is 12.6 Å². The van der Waals surface area contributed by atoms with Gasteiger partial charge in [0.25, 0.3) is 5.91 Å². The van der Waals surface area contributed by atoms with E-state index in [4.69, 9.17) is 9.47 Å². The molecule has 0 aliphatic carbocycles. The Kier molecular flexibility index (Phi) is 7.94. The lowest BCUT2D eigenvalue weighted by Crippen LogP contribution is -2.44. The van der Waals surface area contributed by atoms with Gasteiger partial charge in [-0.25, -0.2) is 4.79 Å². The van der Waals surface area contributed by atoms with Crippen LogP contribution < -0.4 is 15.4 Å². The van der Waals surface area contributed by atoms with Crippen molar-refractivity contribution in [2.45, 2.75) is 33.2 Å². The van der Waals surface area contributed by atoms with Crippen molar-refractivity contribution in [3.8, 4) is 5.75 Å². The quantitative estimate of drug-likeness (QED) is 0.771. The Bertz CT molecular complexity index is 517. The summed E-state index contributed by atoms with van der Waals surface area (Å²) in [5.41, 5.74) is 0.467. The van der Waals surface area contributed by atoms with Gasteiger partial charge in [0.2, 0.25) is 0 Å². The Balaban J connectivity index is 2.65. The number of hydrogen-bond donors (Lipinski definition) is 2. The van der Waals surface area contributed by atoms with E-state index in [2.05, 4.69) is 24.5 Å². The molecule has 2 amide bonds. The number of para-hydroxylation sites is 1. The van der Waals surface area contributed by atoms with Crippen molar-refractivity contribution >= 4 is 12.0 Å². The van der Waals surface area contributed by atoms with Crippen LogP contribution in [-0.4, -0.2) is 38.3 Å². The summed E-state index contributed by atoms with van der Waals surface area (Å²) in [4.78, 5) is 23.9. The van der Waals surface area contributed by atoms with E-state index < -0.39 is 6.09 Å². The number of nitrogens with one attached hydrogen (secondary N) is 2. The lowest BCUT2D eigenvalue weighted by molar-refractivity contribution is 0.0941. The molecule has 0 aliphatic heterocycles. The van der Waals surface area contributed by atoms with E-state index in [-0.39, 0.29) is 11.9 Å². The highest BCUT2D eigenvalue weighted by Gasteiger charge is 2.17. The lowest BCUT2D eigenvalue weighted by atomic mass is 10.0. The molecule has 0 radical (unpaired) electrons. The van der Waals surface area contributed by atoms with Gasteiger partial charge < -0.3 is 20.1 Å². The average Bonchev–Trinajstić information content (AvgIpc) is 2.51. The summed E-state index contributed by atoms with van der Waals surface area (Å²) in [6.45, 7) is 6.51. The summed E-state index contributed by atoms with van der Waals surface area (Å²) in [6.07, 6.45) is 0.273. The minimum absolute atomic E-state index is 0.187. The zero-order valence-corrected chi connectivity index (χ0v) is 14.2. The van der Waals surface area contributed by atoms with E-state index in [9.17, 15) is 9.59 Å². The molecule has 1 rings (SSSR count). The highest BCUT2D eigenvalue weighted by Crippen LogP contribution is 2.16. The lowest BCUT2D eigenvalue weighted by Gasteiger charge is -2.21. The minimum Gasteiger partial charge on any atom is -0.496 e. The van der Waals surface area contributed by atoms with Crippen molar-refractivity contribution in [3.63, 3.8) is 0 Å². The van der Waals surface area contributed by atoms with Crippen LogP contribution in [-0.2, 0) is 4.74 Å². The molecule has 0 aliphatic rings. The molecule has 0 spiro atoms. The number of ether oxygens (including phenoxy) is 2. The van der Waals surface area contributed by atoms with E-state index in [0.29, 0.717) is 30.4 Å². The molecule has 0 aromatic heterocycles. The van der Waals surface area contributed by atoms with Crippen molar-refractivity contribution in [3.05, 3.63) is 29.8 Å². The molecular formula is C17H26N2O4. The van der Waals surface area contributed by atoms with Crippen LogP contribution in [0.2, 0.25) is 0 Å². The van der Waals surface area contributed by atoms with Crippen LogP contribution in [0.4, 0.5) is 4.79 Å². The van der Waals surface area contributed by atoms with Gasteiger partial charge in [0.15, 0.2) is 0 Å². The highest BCUT2D eigenvalue weighted by atomic mass is 16.5. The van der Waals surface area contributed by atoms with Crippen molar-refractivity contribution < 1.29 is 19.1 Å². The topological polar surface area (TPSA) is 76.7 Å². The fourth-order valence-corrected chi connectivity index (χ4v) is 2.25. The molecule has 1 aromatic rings. The minimum atomic E-state index is -0.468. The first-order chi connectivity index (χ1) is 11.0. The van der Waals surface area contributed by atoms with Crippen LogP contribution in [0.5, 0.6) is 5.75 Å². The van der Waals surface area contributed by atoms with Crippen molar-refractivity contribution in [2.75, 3.05) is 20.3 Å². The molecule has 0 saturated carbocycles. The van der Waals surface area contributed by atoms with Gasteiger partial charge in [-0.15, -0.1) is 0 Å². The van der Waals surface area contributed by atoms with Gasteiger partial charge in [0.05, 0.1) is 19.3 Å². The van der Waals surface area contributed by atoms with E-state index in [0.717, 1.165) is 6.42 Å². The number of rotatable bonds is 8. The molecule has 6 nitrogen and oxygen atoms in total. The predicted octanol–water partition coefficient (Wildman–Crippen LogP) is 2.59. The molecule has 23 heavy (non-hydrogen) atoms. The van der Waals surface area contributed by atoms with Crippen LogP contribution in [0.15, 0.2) is 24.3 Å². The highest BCUT2D eigenvalue weighted by molar-refractivity contribution is 5.96. The molecule has 0 heterocycles. The van der Waals surface area contributed by atoms with Crippen LogP contribution in [0, 0.1) is 5.92 Å². The molecule has 0 bridgehead atoms. The molecule has 0 fully saturated rings. The monoisotopic (exact) mass is 322 g/mol. The molecule has 0 saturated heterocycles. The number of amides is 2. The zero-order valence-electron chi connectivity index (χ0n) is 14.2. The number of carbonyl (C=O) groups excluding carboxylic acids is 2. The van der Waals surface area contributed by atoms with E-state index in [1.807, 2.05) is 0 Å². The number of methoxy groups -OCH3 is 1. The first-order valence-electron chi connectivity index (χ1n) is 7.82. The summed E-state index contributed by atoms with van der Waals surface area (Å²) in [5, 5.41) is 5.61. The van der Waals surface area contributed by atoms with Gasteiger partial charge in [-0.2, -0.15) is 0 Å². The van der Waals surface area contributed by atoms with E-state index >= 15 is 0 Å². The average molecular weight is 322 g/mol. The fourth-order valence-electron chi connectivity index (χ4n) is 2.25. The Labute approximate surface area is 137 Å². The summed E-state index contributed by atoms with van der Waals surface area (Å²) in [6, 6.07) is 6.83. The van der Waals surface area contributed by atoms with Gasteiger partial charge in [-0.05, 0) is 31.4 Å². The predicted molar refractivity (Wildman–Crippen MR) is 88.7 cm³/mol. The molecular weight excluding hydrogens is 296 g/mol. The van der Waals surface area contributed by atoms with E-state index in [1.165, 1.54) is 7.11 Å². The Morgan fingerprint density at radius 2 is 1.91 bits per heavy atom. The molecule has 1 atom stereocenters. The first-order valence-corrected chi connectivity index (χ1v) is 7.82. The number of benzene rings is 1. The Morgan fingerprint density at radius 1 is 1.22 bits per heavy atom. The summed E-state index contributed by atoms with van der Waals surface area (Å²) in [5.74, 6) is 0.663. The maximum Gasteiger partial charge on any atom is 0.407 e. The maximum absolute atomic E-state index is 12.3. The third-order valence-corrected chi connectivity index (χ3v) is 3.21. The largest absolute Gasteiger partial charge is 0.496 e. The van der Waals surface area contributed by atoms with Crippen molar-refractivity contribution in [1.82, 2.24) is 10.6 Å². The second-order valence-electron chi connectivity index (χ2n) is 5.60. The second kappa shape index (κ2) is 9.71. The maximum atomic E-state index is 12.3. The van der Waals surface area contributed by atoms with Gasteiger partial charge in [-0.1, -0.05) is 26.0 Å². The SMILES string of the molecule is CCOC(=O)NC(CNC(=O)c1ccccc1OC)CC(C)C. The van der Waals surface area contributed by atoms with E-state index in [1.54, 1.807) is 31.2 Å². The van der Waals surface area contributed by atoms with Crippen LogP contribution in [0.25, 0.3) is 0 Å². The standard InChI is InChI=1S/C17H26N2O4/c1-5-23-17(21)19-13(10-12(2)3)11-18-16(20)14-8-6-7-9-15(14)22-4/h6-9,12-13H,5,10-11H2,1-4H3,(H,18,20)(H,19,21). The molecule has 2 N–H and O–H groups in total. The smallest absolute Gasteiger partial charge is 0.407 e. The first kappa shape index (κ1) is 18.8. The van der Waals surface area contributed by atoms with Gasteiger partial charge >= 0.3 is 6.09 Å². The van der Waals surface area contributed by atoms with Crippen LogP contribution in [0.1, 0.15) is 37.6 Å². The van der Waals surface area contributed by atoms with Gasteiger partial charge in [-0.3, -0.25) is 4.79 Å². The molecule has 128 valence electrons. The van der Waals surface area contributed by atoms with Crippen LogP contribution >= 0.6 is 0 Å². The second-order valence-corrected chi connectivity index (χ2v) is 5.60. The number of alkyl carbamates (subject to hydrolysis) is 1. The Morgan fingerprint density at radius 3 is 2.52 bits per heavy atom. The van der Waals surface area contributed by atoms with Crippen molar-refractivity contribution in [1.29, 1.82) is 0 Å².